The van der Waals surface area contributed by atoms with Gasteiger partial charge in [0.15, 0.2) is 0 Å². The lowest BCUT2D eigenvalue weighted by Crippen LogP contribution is -2.14. The molecule has 0 spiro atoms. The summed E-state index contributed by atoms with van der Waals surface area (Å²) in [5, 5.41) is 18.7. The highest BCUT2D eigenvalue weighted by Crippen LogP contribution is 2.29. The van der Waals surface area contributed by atoms with E-state index in [1.165, 1.54) is 0 Å². The third-order valence-corrected chi connectivity index (χ3v) is 2.15. The molecule has 0 amide bonds. The van der Waals surface area contributed by atoms with Gasteiger partial charge in [-0.25, -0.2) is 0 Å². The van der Waals surface area contributed by atoms with Crippen LogP contribution in [0.5, 0.6) is 11.5 Å². The molecule has 2 N–H and O–H groups in total. The van der Waals surface area contributed by atoms with Gasteiger partial charge >= 0.3 is 0 Å². The number of hydrogen-bond donors (Lipinski definition) is 2. The van der Waals surface area contributed by atoms with Crippen molar-refractivity contribution in [2.75, 3.05) is 13.7 Å². The topological polar surface area (TPSA) is 58.9 Å². The first kappa shape index (κ1) is 12.8. The summed E-state index contributed by atoms with van der Waals surface area (Å²) in [5.41, 5.74) is 0.682. The lowest BCUT2D eigenvalue weighted by molar-refractivity contribution is 0.118. The Morgan fingerprint density at radius 3 is 2.44 bits per heavy atom. The van der Waals surface area contributed by atoms with Crippen LogP contribution in [0, 0.1) is 0 Å². The van der Waals surface area contributed by atoms with Crippen LogP contribution in [0.4, 0.5) is 0 Å². The molecule has 90 valence electrons. The second kappa shape index (κ2) is 5.72. The molecule has 0 aliphatic heterocycles. The SMILES string of the molecule is COc1ccc([C@H](C)O)c(OCC(C)O)c1. The highest BCUT2D eigenvalue weighted by molar-refractivity contribution is 5.41. The summed E-state index contributed by atoms with van der Waals surface area (Å²) < 4.78 is 10.5. The molecule has 0 bridgehead atoms. The second-order valence-corrected chi connectivity index (χ2v) is 3.74. The van der Waals surface area contributed by atoms with E-state index in [2.05, 4.69) is 0 Å². The highest BCUT2D eigenvalue weighted by atomic mass is 16.5. The smallest absolute Gasteiger partial charge is 0.128 e. The Morgan fingerprint density at radius 2 is 1.94 bits per heavy atom. The lowest BCUT2D eigenvalue weighted by atomic mass is 10.1. The van der Waals surface area contributed by atoms with Crippen LogP contribution in [-0.4, -0.2) is 30.0 Å². The molecule has 1 rings (SSSR count). The van der Waals surface area contributed by atoms with Crippen LogP contribution in [-0.2, 0) is 0 Å². The van der Waals surface area contributed by atoms with Crippen LogP contribution >= 0.6 is 0 Å². The van der Waals surface area contributed by atoms with Crippen LogP contribution < -0.4 is 9.47 Å². The number of ether oxygens (including phenoxy) is 2. The predicted molar refractivity (Wildman–Crippen MR) is 60.8 cm³/mol. The van der Waals surface area contributed by atoms with Crippen molar-refractivity contribution in [3.8, 4) is 11.5 Å². The molecule has 1 unspecified atom stereocenters. The van der Waals surface area contributed by atoms with E-state index >= 15 is 0 Å². The van der Waals surface area contributed by atoms with Crippen LogP contribution in [0.1, 0.15) is 25.5 Å². The zero-order valence-electron chi connectivity index (χ0n) is 9.80. The van der Waals surface area contributed by atoms with Gasteiger partial charge in [0, 0.05) is 11.6 Å². The Balaban J connectivity index is 2.91. The Hall–Kier alpha value is -1.26. The number of benzene rings is 1. The molecule has 0 aliphatic carbocycles. The minimum atomic E-state index is -0.616. The molecule has 2 atom stereocenters. The molecular weight excluding hydrogens is 208 g/mol. The largest absolute Gasteiger partial charge is 0.497 e. The normalized spacial score (nSPS) is 14.3. The molecule has 4 nitrogen and oxygen atoms in total. The summed E-state index contributed by atoms with van der Waals surface area (Å²) >= 11 is 0. The van der Waals surface area contributed by atoms with E-state index in [4.69, 9.17) is 14.6 Å². The van der Waals surface area contributed by atoms with Crippen molar-refractivity contribution in [1.29, 1.82) is 0 Å². The number of aliphatic hydroxyl groups is 2. The summed E-state index contributed by atoms with van der Waals surface area (Å²) in [7, 11) is 1.57. The van der Waals surface area contributed by atoms with Crippen molar-refractivity contribution in [1.82, 2.24) is 0 Å². The van der Waals surface area contributed by atoms with Crippen LogP contribution in [0.15, 0.2) is 18.2 Å². The van der Waals surface area contributed by atoms with E-state index in [-0.39, 0.29) is 6.61 Å². The van der Waals surface area contributed by atoms with E-state index in [0.29, 0.717) is 17.1 Å². The van der Waals surface area contributed by atoms with E-state index in [9.17, 15) is 5.11 Å². The van der Waals surface area contributed by atoms with Gasteiger partial charge in [-0.1, -0.05) is 0 Å². The van der Waals surface area contributed by atoms with Gasteiger partial charge < -0.3 is 19.7 Å². The van der Waals surface area contributed by atoms with Crippen LogP contribution in [0.2, 0.25) is 0 Å². The van der Waals surface area contributed by atoms with Gasteiger partial charge in [-0.2, -0.15) is 0 Å². The fourth-order valence-corrected chi connectivity index (χ4v) is 1.32. The summed E-state index contributed by atoms with van der Waals surface area (Å²) in [6, 6.07) is 5.21. The fraction of sp³-hybridized carbons (Fsp3) is 0.500. The third-order valence-electron chi connectivity index (χ3n) is 2.15. The molecule has 0 saturated carbocycles. The van der Waals surface area contributed by atoms with Gasteiger partial charge in [-0.15, -0.1) is 0 Å². The van der Waals surface area contributed by atoms with Crippen molar-refractivity contribution in [3.63, 3.8) is 0 Å². The Bertz CT molecular complexity index is 334. The Kier molecular flexibility index (Phi) is 4.58. The first-order valence-corrected chi connectivity index (χ1v) is 5.21. The first-order chi connectivity index (χ1) is 7.54. The average molecular weight is 226 g/mol. The maximum Gasteiger partial charge on any atom is 0.128 e. The summed E-state index contributed by atoms with van der Waals surface area (Å²) in [5.74, 6) is 1.19. The molecule has 0 aromatic heterocycles. The van der Waals surface area contributed by atoms with Crippen LogP contribution in [0.3, 0.4) is 0 Å². The van der Waals surface area contributed by atoms with Gasteiger partial charge in [0.05, 0.1) is 19.3 Å². The van der Waals surface area contributed by atoms with Gasteiger partial charge in [-0.05, 0) is 26.0 Å². The van der Waals surface area contributed by atoms with E-state index in [1.807, 2.05) is 0 Å². The fourth-order valence-electron chi connectivity index (χ4n) is 1.32. The van der Waals surface area contributed by atoms with Gasteiger partial charge in [-0.3, -0.25) is 0 Å². The molecule has 4 heteroatoms. The number of aliphatic hydroxyl groups excluding tert-OH is 2. The van der Waals surface area contributed by atoms with Crippen molar-refractivity contribution >= 4 is 0 Å². The predicted octanol–water partition coefficient (Wildman–Crippen LogP) is 1.51. The maximum absolute atomic E-state index is 9.55. The molecular formula is C12H18O4. The monoisotopic (exact) mass is 226 g/mol. The van der Waals surface area contributed by atoms with Gasteiger partial charge in [0.2, 0.25) is 0 Å². The summed E-state index contributed by atoms with van der Waals surface area (Å²) in [4.78, 5) is 0. The average Bonchev–Trinajstić information content (AvgIpc) is 2.25. The minimum absolute atomic E-state index is 0.187. The Labute approximate surface area is 95.4 Å². The molecule has 0 fully saturated rings. The quantitative estimate of drug-likeness (QED) is 0.799. The van der Waals surface area contributed by atoms with E-state index in [0.717, 1.165) is 0 Å². The lowest BCUT2D eigenvalue weighted by Gasteiger charge is -2.15. The van der Waals surface area contributed by atoms with Crippen molar-refractivity contribution in [2.24, 2.45) is 0 Å². The number of methoxy groups -OCH3 is 1. The minimum Gasteiger partial charge on any atom is -0.497 e. The molecule has 0 radical (unpaired) electrons. The van der Waals surface area contributed by atoms with Gasteiger partial charge in [0.1, 0.15) is 18.1 Å². The third kappa shape index (κ3) is 3.40. The van der Waals surface area contributed by atoms with Gasteiger partial charge in [0.25, 0.3) is 0 Å². The zero-order valence-corrected chi connectivity index (χ0v) is 9.80. The number of rotatable bonds is 5. The molecule has 0 saturated heterocycles. The molecule has 0 heterocycles. The maximum atomic E-state index is 9.55. The van der Waals surface area contributed by atoms with Crippen LogP contribution in [0.25, 0.3) is 0 Å². The van der Waals surface area contributed by atoms with Crippen molar-refractivity contribution in [3.05, 3.63) is 23.8 Å². The standard InChI is InChI=1S/C12H18O4/c1-8(13)7-16-12-6-10(15-3)4-5-11(12)9(2)14/h4-6,8-9,13-14H,7H2,1-3H3/t8?,9-/m0/s1. The molecule has 0 aliphatic rings. The summed E-state index contributed by atoms with van der Waals surface area (Å²) in [6.07, 6.45) is -1.16. The second-order valence-electron chi connectivity index (χ2n) is 3.74. The van der Waals surface area contributed by atoms with E-state index < -0.39 is 12.2 Å². The highest BCUT2D eigenvalue weighted by Gasteiger charge is 2.11. The Morgan fingerprint density at radius 1 is 1.25 bits per heavy atom. The molecule has 1 aromatic carbocycles. The molecule has 1 aromatic rings. The number of hydrogen-bond acceptors (Lipinski definition) is 4. The summed E-state index contributed by atoms with van der Waals surface area (Å²) in [6.45, 7) is 3.49. The van der Waals surface area contributed by atoms with Crippen molar-refractivity contribution < 1.29 is 19.7 Å². The molecule has 16 heavy (non-hydrogen) atoms. The first-order valence-electron chi connectivity index (χ1n) is 5.21. The zero-order chi connectivity index (χ0) is 12.1. The van der Waals surface area contributed by atoms with Crippen molar-refractivity contribution in [2.45, 2.75) is 26.1 Å². The van der Waals surface area contributed by atoms with E-state index in [1.54, 1.807) is 39.2 Å².